The van der Waals surface area contributed by atoms with Crippen molar-refractivity contribution < 1.29 is 23.7 Å². The predicted octanol–water partition coefficient (Wildman–Crippen LogP) is 2.40. The summed E-state index contributed by atoms with van der Waals surface area (Å²) in [6, 6.07) is 3.55. The first-order valence-corrected chi connectivity index (χ1v) is 8.08. The maximum Gasteiger partial charge on any atom is 0.203 e. The minimum absolute atomic E-state index is 0.348. The van der Waals surface area contributed by atoms with Crippen LogP contribution in [0.5, 0.6) is 17.2 Å². The minimum atomic E-state index is -0.348. The monoisotopic (exact) mass is 358 g/mol. The van der Waals surface area contributed by atoms with Crippen molar-refractivity contribution in [2.24, 2.45) is 0 Å². The lowest BCUT2D eigenvalue weighted by atomic mass is 10.2. The Labute approximate surface area is 148 Å². The summed E-state index contributed by atoms with van der Waals surface area (Å²) in [4.78, 5) is 0. The molecule has 0 heterocycles. The maximum absolute atomic E-state index is 5.46. The molecule has 0 saturated carbocycles. The van der Waals surface area contributed by atoms with E-state index in [1.165, 1.54) is 0 Å². The van der Waals surface area contributed by atoms with Crippen molar-refractivity contribution in [2.75, 3.05) is 46.4 Å². The van der Waals surface area contributed by atoms with Crippen LogP contribution in [0.1, 0.15) is 13.8 Å². The van der Waals surface area contributed by atoms with Gasteiger partial charge in [-0.1, -0.05) is 0 Å². The van der Waals surface area contributed by atoms with Crippen molar-refractivity contribution in [1.82, 2.24) is 5.32 Å². The molecule has 0 unspecified atom stereocenters. The van der Waals surface area contributed by atoms with Gasteiger partial charge in [0, 0.05) is 31.0 Å². The largest absolute Gasteiger partial charge is 0.493 e. The maximum atomic E-state index is 5.46. The normalized spacial score (nSPS) is 10.4. The molecule has 0 saturated heterocycles. The van der Waals surface area contributed by atoms with Gasteiger partial charge >= 0.3 is 0 Å². The van der Waals surface area contributed by atoms with Gasteiger partial charge in [-0.05, 0) is 26.1 Å². The predicted molar refractivity (Wildman–Crippen MR) is 97.4 cm³/mol. The highest BCUT2D eigenvalue weighted by atomic mass is 32.1. The number of rotatable bonds is 10. The van der Waals surface area contributed by atoms with Gasteiger partial charge in [0.2, 0.25) is 5.75 Å². The third-order valence-electron chi connectivity index (χ3n) is 3.06. The molecule has 24 heavy (non-hydrogen) atoms. The van der Waals surface area contributed by atoms with Crippen molar-refractivity contribution in [3.05, 3.63) is 12.1 Å². The molecule has 0 aliphatic rings. The molecular formula is C16H26N2O5S. The Morgan fingerprint density at radius 1 is 1.00 bits per heavy atom. The molecule has 0 atom stereocenters. The Bertz CT molecular complexity index is 496. The SMILES string of the molecule is CCOC(CNC(=S)Nc1cc(OC)c(OC)c(OC)c1)OCC. The highest BCUT2D eigenvalue weighted by molar-refractivity contribution is 7.80. The van der Waals surface area contributed by atoms with Crippen molar-refractivity contribution >= 4 is 23.0 Å². The Kier molecular flexibility index (Phi) is 9.21. The number of nitrogens with one attached hydrogen (secondary N) is 2. The minimum Gasteiger partial charge on any atom is -0.493 e. The van der Waals surface area contributed by atoms with Gasteiger partial charge in [-0.25, -0.2) is 0 Å². The highest BCUT2D eigenvalue weighted by Crippen LogP contribution is 2.39. The summed E-state index contributed by atoms with van der Waals surface area (Å²) in [5.74, 6) is 1.62. The lowest BCUT2D eigenvalue weighted by Crippen LogP contribution is -2.37. The van der Waals surface area contributed by atoms with E-state index in [9.17, 15) is 0 Å². The number of hydrogen-bond donors (Lipinski definition) is 2. The lowest BCUT2D eigenvalue weighted by Gasteiger charge is -2.19. The van der Waals surface area contributed by atoms with Crippen LogP contribution in [-0.4, -0.2) is 52.5 Å². The van der Waals surface area contributed by atoms with E-state index in [1.807, 2.05) is 13.8 Å². The molecule has 136 valence electrons. The highest BCUT2D eigenvalue weighted by Gasteiger charge is 2.14. The summed E-state index contributed by atoms with van der Waals surface area (Å²) in [7, 11) is 4.68. The fourth-order valence-electron chi connectivity index (χ4n) is 2.04. The van der Waals surface area contributed by atoms with Crippen LogP contribution in [0.3, 0.4) is 0 Å². The average Bonchev–Trinajstić information content (AvgIpc) is 2.59. The van der Waals surface area contributed by atoms with E-state index in [4.69, 9.17) is 35.9 Å². The summed E-state index contributed by atoms with van der Waals surface area (Å²) in [5, 5.41) is 6.58. The molecule has 1 rings (SSSR count). The van der Waals surface area contributed by atoms with E-state index in [0.29, 0.717) is 47.8 Å². The van der Waals surface area contributed by atoms with E-state index < -0.39 is 0 Å². The number of hydrogen-bond acceptors (Lipinski definition) is 6. The van der Waals surface area contributed by atoms with Gasteiger partial charge in [0.05, 0.1) is 27.9 Å². The van der Waals surface area contributed by atoms with Gasteiger partial charge < -0.3 is 34.3 Å². The number of anilines is 1. The van der Waals surface area contributed by atoms with Crippen LogP contribution in [0, 0.1) is 0 Å². The van der Waals surface area contributed by atoms with Gasteiger partial charge in [-0.15, -0.1) is 0 Å². The molecule has 0 aliphatic heterocycles. The number of thiocarbonyl (C=S) groups is 1. The van der Waals surface area contributed by atoms with E-state index in [0.717, 1.165) is 0 Å². The molecule has 0 spiro atoms. The molecule has 0 aliphatic carbocycles. The second-order valence-electron chi connectivity index (χ2n) is 4.59. The van der Waals surface area contributed by atoms with Crippen LogP contribution in [0.15, 0.2) is 12.1 Å². The van der Waals surface area contributed by atoms with Crippen LogP contribution >= 0.6 is 12.2 Å². The number of methoxy groups -OCH3 is 3. The van der Waals surface area contributed by atoms with Gasteiger partial charge in [-0.3, -0.25) is 0 Å². The molecule has 0 aromatic heterocycles. The van der Waals surface area contributed by atoms with Crippen molar-refractivity contribution in [3.63, 3.8) is 0 Å². The smallest absolute Gasteiger partial charge is 0.203 e. The molecule has 1 aromatic rings. The zero-order valence-electron chi connectivity index (χ0n) is 14.8. The first-order chi connectivity index (χ1) is 11.6. The molecule has 1 aromatic carbocycles. The van der Waals surface area contributed by atoms with Crippen LogP contribution in [0.2, 0.25) is 0 Å². The number of benzene rings is 1. The first kappa shape index (κ1) is 20.3. The molecule has 8 heteroatoms. The third kappa shape index (κ3) is 6.03. The van der Waals surface area contributed by atoms with Crippen molar-refractivity contribution in [2.45, 2.75) is 20.1 Å². The molecule has 0 bridgehead atoms. The average molecular weight is 358 g/mol. The second kappa shape index (κ2) is 10.9. The first-order valence-electron chi connectivity index (χ1n) is 7.67. The van der Waals surface area contributed by atoms with Crippen LogP contribution in [0.4, 0.5) is 5.69 Å². The molecule has 0 amide bonds. The molecular weight excluding hydrogens is 332 g/mol. The lowest BCUT2D eigenvalue weighted by molar-refractivity contribution is -0.130. The topological polar surface area (TPSA) is 70.2 Å². The van der Waals surface area contributed by atoms with E-state index >= 15 is 0 Å². The third-order valence-corrected chi connectivity index (χ3v) is 3.30. The van der Waals surface area contributed by atoms with Crippen LogP contribution in [-0.2, 0) is 9.47 Å². The summed E-state index contributed by atoms with van der Waals surface area (Å²) >= 11 is 5.30. The van der Waals surface area contributed by atoms with E-state index in [2.05, 4.69) is 10.6 Å². The number of ether oxygens (including phenoxy) is 5. The van der Waals surface area contributed by atoms with Gasteiger partial charge in [0.25, 0.3) is 0 Å². The quantitative estimate of drug-likeness (QED) is 0.488. The molecule has 0 fully saturated rings. The molecule has 2 N–H and O–H groups in total. The van der Waals surface area contributed by atoms with Gasteiger partial charge in [0.15, 0.2) is 22.9 Å². The van der Waals surface area contributed by atoms with E-state index in [1.54, 1.807) is 33.5 Å². The molecule has 0 radical (unpaired) electrons. The Balaban J connectivity index is 2.72. The van der Waals surface area contributed by atoms with Gasteiger partial charge in [-0.2, -0.15) is 0 Å². The van der Waals surface area contributed by atoms with Crippen molar-refractivity contribution in [3.8, 4) is 17.2 Å². The summed E-state index contributed by atoms with van der Waals surface area (Å²) in [6.07, 6.45) is -0.348. The standard InChI is InChI=1S/C16H26N2O5S/c1-6-22-14(23-7-2)10-17-16(24)18-11-8-12(19-3)15(21-5)13(9-11)20-4/h8-9,14H,6-7,10H2,1-5H3,(H2,17,18,24). The van der Waals surface area contributed by atoms with E-state index in [-0.39, 0.29) is 6.29 Å². The fourth-order valence-corrected chi connectivity index (χ4v) is 2.24. The van der Waals surface area contributed by atoms with Crippen LogP contribution < -0.4 is 24.8 Å². The zero-order valence-corrected chi connectivity index (χ0v) is 15.6. The Hall–Kier alpha value is -1.77. The van der Waals surface area contributed by atoms with Crippen molar-refractivity contribution in [1.29, 1.82) is 0 Å². The summed E-state index contributed by atoms with van der Waals surface area (Å²) in [5.41, 5.74) is 0.714. The fraction of sp³-hybridized carbons (Fsp3) is 0.562. The Morgan fingerprint density at radius 3 is 1.96 bits per heavy atom. The second-order valence-corrected chi connectivity index (χ2v) is 5.00. The summed E-state index contributed by atoms with van der Waals surface area (Å²) in [6.45, 7) is 5.41. The summed E-state index contributed by atoms with van der Waals surface area (Å²) < 4.78 is 26.8. The Morgan fingerprint density at radius 2 is 1.54 bits per heavy atom. The van der Waals surface area contributed by atoms with Gasteiger partial charge in [0.1, 0.15) is 0 Å². The van der Waals surface area contributed by atoms with Crippen LogP contribution in [0.25, 0.3) is 0 Å². The molecule has 7 nitrogen and oxygen atoms in total. The zero-order chi connectivity index (χ0) is 17.9.